The number of carbonyl (C=O) groups is 2. The van der Waals surface area contributed by atoms with E-state index in [1.54, 1.807) is 5.06 Å². The third-order valence-corrected chi connectivity index (χ3v) is 5.89. The second-order valence-corrected chi connectivity index (χ2v) is 9.24. The summed E-state index contributed by atoms with van der Waals surface area (Å²) in [4.78, 5) is 31.5. The molecule has 0 saturated carbocycles. The Hall–Kier alpha value is -2.70. The van der Waals surface area contributed by atoms with Crippen LogP contribution in [0.15, 0.2) is 60.7 Å². The van der Waals surface area contributed by atoms with Crippen molar-refractivity contribution in [1.29, 1.82) is 0 Å². The van der Waals surface area contributed by atoms with Crippen LogP contribution in [-0.4, -0.2) is 41.9 Å². The van der Waals surface area contributed by atoms with Gasteiger partial charge in [0, 0.05) is 0 Å². The van der Waals surface area contributed by atoms with Crippen LogP contribution in [0.1, 0.15) is 44.9 Å². The number of benzene rings is 2. The first kappa shape index (κ1) is 21.5. The minimum Gasteiger partial charge on any atom is -0.462 e. The van der Waals surface area contributed by atoms with Gasteiger partial charge in [-0.05, 0) is 38.8 Å². The zero-order chi connectivity index (χ0) is 22.2. The standard InChI is InChI=1S/C25H29NO5/c1-16-20-19(15-29-24(28)25(2,3)4)31-26(22(20)23(27)30-16)21(17-11-7-5-8-12-17)18-13-9-6-10-14-18/h5-14,16,19-22H,15H2,1-4H3/t16-,19-,20+,22-/m0/s1. The number of fused-ring (bicyclic) bond motifs is 1. The van der Waals surface area contributed by atoms with E-state index in [0.29, 0.717) is 0 Å². The Bertz CT molecular complexity index is 884. The Balaban J connectivity index is 1.67. The third kappa shape index (κ3) is 4.23. The summed E-state index contributed by atoms with van der Waals surface area (Å²) in [6.07, 6.45) is -0.791. The number of carbonyl (C=O) groups excluding carboxylic acids is 2. The lowest BCUT2D eigenvalue weighted by Gasteiger charge is -2.30. The minimum atomic E-state index is -0.609. The van der Waals surface area contributed by atoms with Crippen molar-refractivity contribution >= 4 is 11.9 Å². The highest BCUT2D eigenvalue weighted by Gasteiger charge is 2.58. The van der Waals surface area contributed by atoms with Gasteiger partial charge in [0.1, 0.15) is 24.9 Å². The lowest BCUT2D eigenvalue weighted by molar-refractivity contribution is -0.209. The third-order valence-electron chi connectivity index (χ3n) is 5.89. The Kier molecular flexibility index (Phi) is 5.86. The fraction of sp³-hybridized carbons (Fsp3) is 0.440. The molecule has 0 amide bonds. The molecular formula is C25H29NO5. The van der Waals surface area contributed by atoms with Gasteiger partial charge in [0.2, 0.25) is 0 Å². The number of cyclic esters (lactones) is 1. The number of esters is 2. The van der Waals surface area contributed by atoms with Gasteiger partial charge in [0.15, 0.2) is 0 Å². The monoisotopic (exact) mass is 423 g/mol. The molecule has 2 aliphatic rings. The van der Waals surface area contributed by atoms with Crippen molar-refractivity contribution in [1.82, 2.24) is 5.06 Å². The molecule has 0 radical (unpaired) electrons. The molecule has 6 heteroatoms. The first-order valence-corrected chi connectivity index (χ1v) is 10.7. The molecule has 6 nitrogen and oxygen atoms in total. The number of nitrogens with zero attached hydrogens (tertiary/aromatic N) is 1. The number of rotatable bonds is 5. The normalized spacial score (nSPS) is 26.0. The molecule has 0 aliphatic carbocycles. The maximum absolute atomic E-state index is 12.8. The van der Waals surface area contributed by atoms with Crippen LogP contribution in [0.5, 0.6) is 0 Å². The number of ether oxygens (including phenoxy) is 2. The van der Waals surface area contributed by atoms with E-state index in [1.807, 2.05) is 88.4 Å². The summed E-state index contributed by atoms with van der Waals surface area (Å²) >= 11 is 0. The maximum atomic E-state index is 12.8. The van der Waals surface area contributed by atoms with Gasteiger partial charge in [0.05, 0.1) is 17.4 Å². The van der Waals surface area contributed by atoms with Crippen LogP contribution >= 0.6 is 0 Å². The average Bonchev–Trinajstić information content (AvgIpc) is 3.26. The number of hydrogen-bond acceptors (Lipinski definition) is 6. The van der Waals surface area contributed by atoms with Crippen LogP contribution in [0, 0.1) is 11.3 Å². The molecule has 164 valence electrons. The van der Waals surface area contributed by atoms with Crippen molar-refractivity contribution in [3.63, 3.8) is 0 Å². The molecular weight excluding hydrogens is 394 g/mol. The lowest BCUT2D eigenvalue weighted by atomic mass is 9.90. The summed E-state index contributed by atoms with van der Waals surface area (Å²) in [7, 11) is 0. The second-order valence-electron chi connectivity index (χ2n) is 9.24. The molecule has 4 atom stereocenters. The molecule has 2 fully saturated rings. The van der Waals surface area contributed by atoms with E-state index < -0.39 is 17.6 Å². The fourth-order valence-corrected chi connectivity index (χ4v) is 4.31. The Labute approximate surface area is 183 Å². The average molecular weight is 424 g/mol. The SMILES string of the molecule is C[C@@H]1OC(=O)[C@@H]2[C@H]1[C@H](COC(=O)C(C)(C)C)ON2C(c1ccccc1)c1ccccc1. The molecule has 2 saturated heterocycles. The molecule has 2 aromatic rings. The van der Waals surface area contributed by atoms with Crippen LogP contribution in [-0.2, 0) is 23.9 Å². The van der Waals surface area contributed by atoms with Gasteiger partial charge in [0.25, 0.3) is 0 Å². The smallest absolute Gasteiger partial charge is 0.326 e. The fourth-order valence-electron chi connectivity index (χ4n) is 4.31. The molecule has 0 N–H and O–H groups in total. The summed E-state index contributed by atoms with van der Waals surface area (Å²) < 4.78 is 11.1. The van der Waals surface area contributed by atoms with E-state index in [9.17, 15) is 9.59 Å². The predicted octanol–water partition coefficient (Wildman–Crippen LogP) is 3.91. The predicted molar refractivity (Wildman–Crippen MR) is 115 cm³/mol. The second kappa shape index (κ2) is 8.44. The van der Waals surface area contributed by atoms with Gasteiger partial charge in [-0.3, -0.25) is 14.4 Å². The van der Waals surface area contributed by atoms with Gasteiger partial charge in [-0.1, -0.05) is 60.7 Å². The minimum absolute atomic E-state index is 0.0745. The Morgan fingerprint density at radius 3 is 2.10 bits per heavy atom. The summed E-state index contributed by atoms with van der Waals surface area (Å²) in [6.45, 7) is 7.38. The lowest BCUT2D eigenvalue weighted by Crippen LogP contribution is -2.38. The van der Waals surface area contributed by atoms with Gasteiger partial charge < -0.3 is 9.47 Å². The van der Waals surface area contributed by atoms with Crippen molar-refractivity contribution in [2.24, 2.45) is 11.3 Å². The highest BCUT2D eigenvalue weighted by Crippen LogP contribution is 2.44. The summed E-state index contributed by atoms with van der Waals surface area (Å²) in [5, 5.41) is 1.75. The van der Waals surface area contributed by atoms with Crippen LogP contribution in [0.2, 0.25) is 0 Å². The summed E-state index contributed by atoms with van der Waals surface area (Å²) in [5.41, 5.74) is 1.40. The van der Waals surface area contributed by atoms with Gasteiger partial charge in [-0.25, -0.2) is 0 Å². The Morgan fingerprint density at radius 2 is 1.58 bits per heavy atom. The Morgan fingerprint density at radius 1 is 1.03 bits per heavy atom. The molecule has 2 aliphatic heterocycles. The van der Waals surface area contributed by atoms with Crippen molar-refractivity contribution in [2.75, 3.05) is 6.61 Å². The highest BCUT2D eigenvalue weighted by molar-refractivity contribution is 5.79. The zero-order valence-electron chi connectivity index (χ0n) is 18.4. The van der Waals surface area contributed by atoms with E-state index in [4.69, 9.17) is 14.3 Å². The van der Waals surface area contributed by atoms with Crippen LogP contribution in [0.3, 0.4) is 0 Å². The number of hydrogen-bond donors (Lipinski definition) is 0. The quantitative estimate of drug-likeness (QED) is 0.680. The van der Waals surface area contributed by atoms with Crippen molar-refractivity contribution in [2.45, 2.75) is 52.0 Å². The van der Waals surface area contributed by atoms with Crippen molar-refractivity contribution in [3.8, 4) is 0 Å². The van der Waals surface area contributed by atoms with E-state index in [2.05, 4.69) is 0 Å². The van der Waals surface area contributed by atoms with E-state index >= 15 is 0 Å². The van der Waals surface area contributed by atoms with Gasteiger partial charge in [-0.2, -0.15) is 5.06 Å². The molecule has 0 aromatic heterocycles. The van der Waals surface area contributed by atoms with Gasteiger partial charge in [-0.15, -0.1) is 0 Å². The van der Waals surface area contributed by atoms with Crippen LogP contribution in [0.25, 0.3) is 0 Å². The van der Waals surface area contributed by atoms with Crippen LogP contribution in [0.4, 0.5) is 0 Å². The molecule has 4 rings (SSSR count). The zero-order valence-corrected chi connectivity index (χ0v) is 18.4. The molecule has 2 heterocycles. The topological polar surface area (TPSA) is 65.1 Å². The molecule has 0 spiro atoms. The molecule has 0 bridgehead atoms. The first-order valence-electron chi connectivity index (χ1n) is 10.7. The van der Waals surface area contributed by atoms with E-state index in [-0.39, 0.29) is 36.6 Å². The van der Waals surface area contributed by atoms with Gasteiger partial charge >= 0.3 is 11.9 Å². The van der Waals surface area contributed by atoms with Crippen molar-refractivity contribution < 1.29 is 23.9 Å². The summed E-state index contributed by atoms with van der Waals surface area (Å²) in [6, 6.07) is 19.0. The molecule has 2 aromatic carbocycles. The summed E-state index contributed by atoms with van der Waals surface area (Å²) in [5.74, 6) is -0.833. The van der Waals surface area contributed by atoms with E-state index in [1.165, 1.54) is 0 Å². The molecule has 31 heavy (non-hydrogen) atoms. The van der Waals surface area contributed by atoms with E-state index in [0.717, 1.165) is 11.1 Å². The number of hydroxylamine groups is 2. The van der Waals surface area contributed by atoms with Crippen LogP contribution < -0.4 is 0 Å². The first-order chi connectivity index (χ1) is 14.8. The molecule has 0 unspecified atom stereocenters. The largest absolute Gasteiger partial charge is 0.462 e. The highest BCUT2D eigenvalue weighted by atomic mass is 16.7. The van der Waals surface area contributed by atoms with Crippen molar-refractivity contribution in [3.05, 3.63) is 71.8 Å². The maximum Gasteiger partial charge on any atom is 0.326 e.